The van der Waals surface area contributed by atoms with E-state index >= 15 is 0 Å². The summed E-state index contributed by atoms with van der Waals surface area (Å²) < 4.78 is 31.4. The zero-order valence-electron chi connectivity index (χ0n) is 17.7. The Morgan fingerprint density at radius 3 is 2.06 bits per heavy atom. The van der Waals surface area contributed by atoms with Crippen LogP contribution in [0.2, 0.25) is 0 Å². The Labute approximate surface area is 189 Å². The molecule has 2 amide bonds. The van der Waals surface area contributed by atoms with E-state index in [0.29, 0.717) is 12.8 Å². The zero-order chi connectivity index (χ0) is 23.5. The molecule has 174 valence electrons. The molecule has 0 heterocycles. The van der Waals surface area contributed by atoms with E-state index in [0.717, 1.165) is 22.3 Å². The van der Waals surface area contributed by atoms with Crippen LogP contribution in [-0.4, -0.2) is 48.2 Å². The lowest BCUT2D eigenvalue weighted by Gasteiger charge is -2.21. The maximum absolute atomic E-state index is 13.0. The van der Waals surface area contributed by atoms with E-state index in [1.165, 1.54) is 0 Å². The minimum Gasteiger partial charge on any atom is -0.480 e. The molecule has 2 unspecified atom stereocenters. The zero-order valence-corrected chi connectivity index (χ0v) is 17.7. The number of hydrogen-bond donors (Lipinski definition) is 3. The third-order valence-electron chi connectivity index (χ3n) is 6.02. The van der Waals surface area contributed by atoms with E-state index in [-0.39, 0.29) is 18.4 Å². The molecular weight excluding hydrogens is 434 g/mol. The Morgan fingerprint density at radius 1 is 0.970 bits per heavy atom. The Balaban J connectivity index is 1.41. The van der Waals surface area contributed by atoms with Gasteiger partial charge in [0.05, 0.1) is 0 Å². The molecule has 2 aromatic carbocycles. The lowest BCUT2D eigenvalue weighted by Crippen LogP contribution is -2.53. The predicted octanol–water partition coefficient (Wildman–Crippen LogP) is 3.53. The lowest BCUT2D eigenvalue weighted by atomic mass is 9.98. The van der Waals surface area contributed by atoms with Gasteiger partial charge in [-0.05, 0) is 41.0 Å². The summed E-state index contributed by atoms with van der Waals surface area (Å²) in [6, 6.07) is 12.7. The van der Waals surface area contributed by atoms with Crippen LogP contribution in [0.5, 0.6) is 0 Å². The Kier molecular flexibility index (Phi) is 6.57. The van der Waals surface area contributed by atoms with Gasteiger partial charge in [-0.1, -0.05) is 48.5 Å². The first-order valence-electron chi connectivity index (χ1n) is 10.8. The second-order valence-electron chi connectivity index (χ2n) is 8.31. The highest BCUT2D eigenvalue weighted by molar-refractivity contribution is 5.89. The first kappa shape index (κ1) is 22.7. The summed E-state index contributed by atoms with van der Waals surface area (Å²) in [5, 5.41) is 13.7. The van der Waals surface area contributed by atoms with Gasteiger partial charge in [0.15, 0.2) is 0 Å². The van der Waals surface area contributed by atoms with E-state index in [2.05, 4.69) is 10.6 Å². The summed E-state index contributed by atoms with van der Waals surface area (Å²) >= 11 is 0. The molecule has 2 aliphatic carbocycles. The largest absolute Gasteiger partial charge is 0.480 e. The number of fused-ring (bicyclic) bond motifs is 3. The van der Waals surface area contributed by atoms with Gasteiger partial charge >= 0.3 is 12.1 Å². The highest BCUT2D eigenvalue weighted by Crippen LogP contribution is 2.44. The Morgan fingerprint density at radius 2 is 1.55 bits per heavy atom. The molecular formula is C24H24F2N2O5. The number of aliphatic carboxylic acids is 1. The minimum atomic E-state index is -2.88. The van der Waals surface area contributed by atoms with Crippen molar-refractivity contribution >= 4 is 18.0 Å². The van der Waals surface area contributed by atoms with Crippen molar-refractivity contribution < 1.29 is 33.0 Å². The van der Waals surface area contributed by atoms with Crippen molar-refractivity contribution in [3.8, 4) is 11.1 Å². The molecule has 4 rings (SSSR count). The van der Waals surface area contributed by atoms with Crippen molar-refractivity contribution in [3.63, 3.8) is 0 Å². The first-order chi connectivity index (χ1) is 15.8. The molecule has 0 spiro atoms. The normalized spacial score (nSPS) is 16.5. The molecule has 1 saturated carbocycles. The summed E-state index contributed by atoms with van der Waals surface area (Å²) in [6.07, 6.45) is -3.57. The summed E-state index contributed by atoms with van der Waals surface area (Å²) in [6.45, 7) is -0.0390. The maximum atomic E-state index is 13.0. The van der Waals surface area contributed by atoms with Crippen molar-refractivity contribution in [1.29, 1.82) is 0 Å². The molecule has 0 aliphatic heterocycles. The van der Waals surface area contributed by atoms with Crippen molar-refractivity contribution in [2.45, 2.75) is 43.7 Å². The fourth-order valence-corrected chi connectivity index (χ4v) is 4.26. The monoisotopic (exact) mass is 458 g/mol. The number of alkyl halides is 2. The average molecular weight is 458 g/mol. The van der Waals surface area contributed by atoms with Gasteiger partial charge in [0.25, 0.3) is 0 Å². The lowest BCUT2D eigenvalue weighted by molar-refractivity contribution is -0.142. The number of carboxylic acid groups (broad SMARTS) is 1. The van der Waals surface area contributed by atoms with Gasteiger partial charge in [-0.2, -0.15) is 0 Å². The molecule has 33 heavy (non-hydrogen) atoms. The number of alkyl carbamates (subject to hydrolysis) is 1. The maximum Gasteiger partial charge on any atom is 0.407 e. The van der Waals surface area contributed by atoms with Crippen molar-refractivity contribution in [2.75, 3.05) is 6.61 Å². The number of carbonyl (C=O) groups excluding carboxylic acids is 2. The van der Waals surface area contributed by atoms with E-state index in [1.807, 2.05) is 48.5 Å². The van der Waals surface area contributed by atoms with Crippen LogP contribution in [0, 0.1) is 5.92 Å². The number of carbonyl (C=O) groups is 3. The number of halogens is 2. The average Bonchev–Trinajstić information content (AvgIpc) is 3.57. The molecule has 2 aromatic rings. The third-order valence-corrected chi connectivity index (χ3v) is 6.02. The van der Waals surface area contributed by atoms with E-state index in [4.69, 9.17) is 4.74 Å². The Hall–Kier alpha value is -3.49. The molecule has 3 N–H and O–H groups in total. The summed E-state index contributed by atoms with van der Waals surface area (Å²) in [5.74, 6) is -2.66. The van der Waals surface area contributed by atoms with Gasteiger partial charge in [-0.3, -0.25) is 4.79 Å². The standard InChI is InChI=1S/C24H24F2N2O5/c25-20(26)11-19(22(29)28-21(23(30)31)13-9-10-13)27-24(32)33-12-18-16-7-3-1-5-14(16)15-6-2-4-8-17(15)18/h1-8,13,18-21H,9-12H2,(H,27,32)(H,28,29)(H,30,31). The number of carboxylic acids is 1. The van der Waals surface area contributed by atoms with Crippen LogP contribution in [0.15, 0.2) is 48.5 Å². The Bertz CT molecular complexity index is 1010. The molecule has 2 atom stereocenters. The van der Waals surface area contributed by atoms with Gasteiger partial charge in [0.2, 0.25) is 12.3 Å². The van der Waals surface area contributed by atoms with Gasteiger partial charge in [0.1, 0.15) is 18.7 Å². The molecule has 0 aromatic heterocycles. The molecule has 0 saturated heterocycles. The van der Waals surface area contributed by atoms with Crippen molar-refractivity contribution in [2.24, 2.45) is 5.92 Å². The number of hydrogen-bond acceptors (Lipinski definition) is 4. The predicted molar refractivity (Wildman–Crippen MR) is 115 cm³/mol. The van der Waals surface area contributed by atoms with Gasteiger partial charge in [0, 0.05) is 12.3 Å². The second kappa shape index (κ2) is 9.56. The van der Waals surface area contributed by atoms with E-state index in [1.54, 1.807) is 0 Å². The van der Waals surface area contributed by atoms with Crippen molar-refractivity contribution in [3.05, 3.63) is 59.7 Å². The molecule has 1 fully saturated rings. The van der Waals surface area contributed by atoms with Crippen LogP contribution < -0.4 is 10.6 Å². The highest BCUT2D eigenvalue weighted by Gasteiger charge is 2.39. The highest BCUT2D eigenvalue weighted by atomic mass is 19.3. The molecule has 0 bridgehead atoms. The minimum absolute atomic E-state index is 0.0390. The number of benzene rings is 2. The summed E-state index contributed by atoms with van der Waals surface area (Å²) in [5.41, 5.74) is 4.05. The first-order valence-corrected chi connectivity index (χ1v) is 10.8. The molecule has 9 heteroatoms. The van der Waals surface area contributed by atoms with Gasteiger partial charge in [-0.25, -0.2) is 18.4 Å². The van der Waals surface area contributed by atoms with Crippen molar-refractivity contribution in [1.82, 2.24) is 10.6 Å². The van der Waals surface area contributed by atoms with Crippen LogP contribution in [0.1, 0.15) is 36.3 Å². The molecule has 0 radical (unpaired) electrons. The second-order valence-corrected chi connectivity index (χ2v) is 8.31. The van der Waals surface area contributed by atoms with Gasteiger partial charge in [-0.15, -0.1) is 0 Å². The molecule has 2 aliphatic rings. The molecule has 7 nitrogen and oxygen atoms in total. The fourth-order valence-electron chi connectivity index (χ4n) is 4.26. The van der Waals surface area contributed by atoms with E-state index in [9.17, 15) is 28.3 Å². The van der Waals surface area contributed by atoms with Crippen LogP contribution in [0.4, 0.5) is 13.6 Å². The van der Waals surface area contributed by atoms with Crippen LogP contribution >= 0.6 is 0 Å². The topological polar surface area (TPSA) is 105 Å². The summed E-state index contributed by atoms with van der Waals surface area (Å²) in [7, 11) is 0. The van der Waals surface area contributed by atoms with Crippen LogP contribution in [0.25, 0.3) is 11.1 Å². The van der Waals surface area contributed by atoms with Crippen LogP contribution in [0.3, 0.4) is 0 Å². The smallest absolute Gasteiger partial charge is 0.407 e. The number of nitrogens with one attached hydrogen (secondary N) is 2. The third kappa shape index (κ3) is 5.13. The SMILES string of the molecule is O=C(NC(CC(F)F)C(=O)NC(C(=O)O)C1CC1)OCC1c2ccccc2-c2ccccc21. The van der Waals surface area contributed by atoms with E-state index < -0.39 is 42.9 Å². The quantitative estimate of drug-likeness (QED) is 0.533. The number of rotatable bonds is 9. The number of amides is 2. The van der Waals surface area contributed by atoms with Crippen LogP contribution in [-0.2, 0) is 14.3 Å². The number of ether oxygens (including phenoxy) is 1. The fraction of sp³-hybridized carbons (Fsp3) is 0.375. The summed E-state index contributed by atoms with van der Waals surface area (Å²) in [4.78, 5) is 36.2. The van der Waals surface area contributed by atoms with Gasteiger partial charge < -0.3 is 20.5 Å².